The molecule has 2 aromatic rings. The van der Waals surface area contributed by atoms with Crippen LogP contribution in [0.25, 0.3) is 0 Å². The van der Waals surface area contributed by atoms with E-state index in [2.05, 4.69) is 30.1 Å². The van der Waals surface area contributed by atoms with Crippen LogP contribution in [0, 0.1) is 18.6 Å². The predicted octanol–water partition coefficient (Wildman–Crippen LogP) is 1.53. The van der Waals surface area contributed by atoms with Gasteiger partial charge >= 0.3 is 12.0 Å². The Balaban J connectivity index is 1.59. The summed E-state index contributed by atoms with van der Waals surface area (Å²) in [5.41, 5.74) is -0.740. The summed E-state index contributed by atoms with van der Waals surface area (Å²) in [7, 11) is 1.09. The minimum atomic E-state index is -1.06. The molecule has 9 nitrogen and oxygen atoms in total. The second kappa shape index (κ2) is 8.30. The number of anilines is 1. The largest absolute Gasteiger partial charge is 0.465 e. The highest BCUT2D eigenvalue weighted by Gasteiger charge is 2.24. The number of urea groups is 1. The quantitative estimate of drug-likeness (QED) is 0.763. The first-order valence-corrected chi connectivity index (χ1v) is 8.61. The van der Waals surface area contributed by atoms with Gasteiger partial charge in [0.2, 0.25) is 0 Å². The zero-order valence-electron chi connectivity index (χ0n) is 15.5. The van der Waals surface area contributed by atoms with Crippen LogP contribution in [0.2, 0.25) is 0 Å². The van der Waals surface area contributed by atoms with Crippen LogP contribution in [-0.2, 0) is 11.3 Å². The van der Waals surface area contributed by atoms with E-state index in [0.29, 0.717) is 44.6 Å². The summed E-state index contributed by atoms with van der Waals surface area (Å²) in [4.78, 5) is 31.8. The fourth-order valence-electron chi connectivity index (χ4n) is 2.87. The van der Waals surface area contributed by atoms with E-state index in [1.165, 1.54) is 4.90 Å². The summed E-state index contributed by atoms with van der Waals surface area (Å²) < 4.78 is 32.1. The lowest BCUT2D eigenvalue weighted by Crippen LogP contribution is -2.49. The number of aromatic amines is 1. The van der Waals surface area contributed by atoms with Crippen molar-refractivity contribution in [1.29, 1.82) is 0 Å². The van der Waals surface area contributed by atoms with Crippen molar-refractivity contribution in [3.05, 3.63) is 41.0 Å². The number of ether oxygens (including phenoxy) is 1. The maximum atomic E-state index is 14.0. The molecular formula is C17H20F2N6O3. The van der Waals surface area contributed by atoms with E-state index in [1.54, 1.807) is 0 Å². The van der Waals surface area contributed by atoms with Gasteiger partial charge in [0, 0.05) is 32.2 Å². The number of nitrogens with zero attached hydrogens (tertiary/aromatic N) is 4. The normalized spacial score (nSPS) is 14.8. The number of hydrogen-bond acceptors (Lipinski definition) is 6. The van der Waals surface area contributed by atoms with Gasteiger partial charge in [-0.05, 0) is 13.0 Å². The number of benzene rings is 1. The van der Waals surface area contributed by atoms with Crippen LogP contribution in [0.4, 0.5) is 19.3 Å². The number of amides is 2. The molecule has 1 saturated heterocycles. The zero-order chi connectivity index (χ0) is 20.3. The number of aromatic nitrogens is 3. The lowest BCUT2D eigenvalue weighted by Gasteiger charge is -2.34. The molecule has 0 bridgehead atoms. The number of carbonyl (C=O) groups is 2. The molecule has 2 N–H and O–H groups in total. The smallest absolute Gasteiger partial charge is 0.340 e. The summed E-state index contributed by atoms with van der Waals surface area (Å²) in [6.45, 7) is 4.41. The standard InChI is InChI=1S/C17H20F2N6O3/c1-10-20-15(23-22-10)9-24-3-5-25(6-4-24)17(27)21-14-7-11(16(26)28-2)12(18)8-13(14)19/h7-8H,3-6,9H2,1-2H3,(H,21,27)(H,20,22,23). The van der Waals surface area contributed by atoms with E-state index in [0.717, 1.165) is 19.0 Å². The Morgan fingerprint density at radius 3 is 2.54 bits per heavy atom. The second-order valence-electron chi connectivity index (χ2n) is 6.33. The molecule has 1 aliphatic heterocycles. The first kappa shape index (κ1) is 19.7. The first-order valence-electron chi connectivity index (χ1n) is 8.61. The van der Waals surface area contributed by atoms with Crippen molar-refractivity contribution in [3.8, 4) is 0 Å². The van der Waals surface area contributed by atoms with Gasteiger partial charge in [0.05, 0.1) is 24.9 Å². The minimum absolute atomic E-state index is 0.287. The first-order chi connectivity index (χ1) is 13.4. The molecule has 1 aliphatic rings. The summed E-state index contributed by atoms with van der Waals surface area (Å²) in [6, 6.07) is 0.934. The average Bonchev–Trinajstić information content (AvgIpc) is 3.08. The molecule has 11 heteroatoms. The molecule has 0 aliphatic carbocycles. The van der Waals surface area contributed by atoms with E-state index in [-0.39, 0.29) is 5.69 Å². The highest BCUT2D eigenvalue weighted by Crippen LogP contribution is 2.21. The molecular weight excluding hydrogens is 374 g/mol. The molecule has 0 radical (unpaired) electrons. The number of hydrogen-bond donors (Lipinski definition) is 2. The summed E-state index contributed by atoms with van der Waals surface area (Å²) in [5.74, 6) is -1.57. The molecule has 1 aromatic heterocycles. The third-order valence-corrected chi connectivity index (χ3v) is 4.37. The van der Waals surface area contributed by atoms with Crippen LogP contribution in [-0.4, -0.2) is 70.3 Å². The van der Waals surface area contributed by atoms with E-state index in [1.807, 2.05) is 6.92 Å². The lowest BCUT2D eigenvalue weighted by atomic mass is 10.2. The Labute approximate surface area is 159 Å². The maximum absolute atomic E-state index is 14.0. The third kappa shape index (κ3) is 4.42. The fraction of sp³-hybridized carbons (Fsp3) is 0.412. The van der Waals surface area contributed by atoms with Gasteiger partial charge in [0.25, 0.3) is 0 Å². The van der Waals surface area contributed by atoms with E-state index >= 15 is 0 Å². The molecule has 1 aromatic carbocycles. The Hall–Kier alpha value is -3.08. The Morgan fingerprint density at radius 2 is 1.93 bits per heavy atom. The minimum Gasteiger partial charge on any atom is -0.465 e. The number of methoxy groups -OCH3 is 1. The van der Waals surface area contributed by atoms with Gasteiger partial charge in [-0.2, -0.15) is 5.10 Å². The number of H-pyrrole nitrogens is 1. The van der Waals surface area contributed by atoms with Crippen molar-refractivity contribution in [3.63, 3.8) is 0 Å². The Morgan fingerprint density at radius 1 is 1.21 bits per heavy atom. The molecule has 0 atom stereocenters. The van der Waals surface area contributed by atoms with Crippen LogP contribution in [0.15, 0.2) is 12.1 Å². The van der Waals surface area contributed by atoms with Gasteiger partial charge in [-0.1, -0.05) is 0 Å². The molecule has 1 fully saturated rings. The van der Waals surface area contributed by atoms with Crippen molar-refractivity contribution in [2.24, 2.45) is 0 Å². The highest BCUT2D eigenvalue weighted by molar-refractivity contribution is 5.94. The monoisotopic (exact) mass is 394 g/mol. The van der Waals surface area contributed by atoms with Crippen LogP contribution in [0.3, 0.4) is 0 Å². The van der Waals surface area contributed by atoms with Gasteiger partial charge in [-0.25, -0.2) is 23.4 Å². The fourth-order valence-corrected chi connectivity index (χ4v) is 2.87. The lowest BCUT2D eigenvalue weighted by molar-refractivity contribution is 0.0595. The van der Waals surface area contributed by atoms with Crippen LogP contribution in [0.5, 0.6) is 0 Å². The van der Waals surface area contributed by atoms with Crippen molar-refractivity contribution < 1.29 is 23.1 Å². The third-order valence-electron chi connectivity index (χ3n) is 4.37. The number of piperazine rings is 1. The van der Waals surface area contributed by atoms with Gasteiger partial charge < -0.3 is 15.0 Å². The number of carbonyl (C=O) groups excluding carboxylic acids is 2. The zero-order valence-corrected chi connectivity index (χ0v) is 15.5. The maximum Gasteiger partial charge on any atom is 0.340 e. The SMILES string of the molecule is COC(=O)c1cc(NC(=O)N2CCN(Cc3n[nH]c(C)n3)CC2)c(F)cc1F. The average molecular weight is 394 g/mol. The van der Waals surface area contributed by atoms with Crippen LogP contribution < -0.4 is 5.32 Å². The topological polar surface area (TPSA) is 103 Å². The van der Waals surface area contributed by atoms with Crippen molar-refractivity contribution in [1.82, 2.24) is 25.0 Å². The van der Waals surface area contributed by atoms with Crippen molar-refractivity contribution in [2.45, 2.75) is 13.5 Å². The summed E-state index contributed by atoms with van der Waals surface area (Å²) >= 11 is 0. The summed E-state index contributed by atoms with van der Waals surface area (Å²) in [5, 5.41) is 9.25. The number of rotatable bonds is 4. The predicted molar refractivity (Wildman–Crippen MR) is 94.7 cm³/mol. The molecule has 2 amide bonds. The van der Waals surface area contributed by atoms with Gasteiger partial charge in [-0.3, -0.25) is 10.00 Å². The molecule has 0 saturated carbocycles. The van der Waals surface area contributed by atoms with Gasteiger partial charge in [-0.15, -0.1) is 0 Å². The number of esters is 1. The molecule has 2 heterocycles. The highest BCUT2D eigenvalue weighted by atomic mass is 19.1. The van der Waals surface area contributed by atoms with E-state index < -0.39 is 29.2 Å². The van der Waals surface area contributed by atoms with E-state index in [4.69, 9.17) is 0 Å². The molecule has 3 rings (SSSR count). The van der Waals surface area contributed by atoms with Gasteiger partial charge in [0.15, 0.2) is 5.82 Å². The number of nitrogens with one attached hydrogen (secondary N) is 2. The van der Waals surface area contributed by atoms with Gasteiger partial charge in [0.1, 0.15) is 17.5 Å². The van der Waals surface area contributed by atoms with Crippen LogP contribution in [0.1, 0.15) is 22.0 Å². The second-order valence-corrected chi connectivity index (χ2v) is 6.33. The van der Waals surface area contributed by atoms with Crippen molar-refractivity contribution in [2.75, 3.05) is 38.6 Å². The van der Waals surface area contributed by atoms with Crippen LogP contribution >= 0.6 is 0 Å². The summed E-state index contributed by atoms with van der Waals surface area (Å²) in [6.07, 6.45) is 0. The molecule has 150 valence electrons. The molecule has 0 unspecified atom stereocenters. The van der Waals surface area contributed by atoms with E-state index in [9.17, 15) is 18.4 Å². The number of halogens is 2. The molecule has 28 heavy (non-hydrogen) atoms. The Kier molecular flexibility index (Phi) is 5.83. The van der Waals surface area contributed by atoms with Crippen molar-refractivity contribution >= 4 is 17.7 Å². The molecule has 0 spiro atoms. The Bertz CT molecular complexity index is 880. The number of aryl methyl sites for hydroxylation is 1.